The first-order valence-corrected chi connectivity index (χ1v) is 10.7. The van der Waals surface area contributed by atoms with Gasteiger partial charge in [0.05, 0.1) is 12.8 Å². The normalized spacial score (nSPS) is 14.5. The molecule has 1 fully saturated rings. The molecule has 0 saturated carbocycles. The second kappa shape index (κ2) is 7.95. The number of H-pyrrole nitrogens is 1. The third-order valence-corrected chi connectivity index (χ3v) is 6.32. The molecule has 1 aliphatic heterocycles. The van der Waals surface area contributed by atoms with E-state index in [4.69, 9.17) is 0 Å². The molecule has 2 amide bonds. The van der Waals surface area contributed by atoms with Gasteiger partial charge in [-0.15, -0.1) is 0 Å². The van der Waals surface area contributed by atoms with Crippen molar-refractivity contribution in [2.75, 3.05) is 26.2 Å². The van der Waals surface area contributed by atoms with Gasteiger partial charge in [0, 0.05) is 67.4 Å². The Morgan fingerprint density at radius 3 is 2.10 bits per heavy atom. The van der Waals surface area contributed by atoms with Gasteiger partial charge >= 0.3 is 0 Å². The maximum Gasteiger partial charge on any atom is 0.227 e. The highest BCUT2D eigenvalue weighted by atomic mass is 16.2. The van der Waals surface area contributed by atoms with Crippen molar-refractivity contribution in [1.82, 2.24) is 19.4 Å². The zero-order valence-corrected chi connectivity index (χ0v) is 17.7. The van der Waals surface area contributed by atoms with E-state index in [9.17, 15) is 9.59 Å². The van der Waals surface area contributed by atoms with Crippen LogP contribution in [0.4, 0.5) is 0 Å². The maximum absolute atomic E-state index is 12.9. The second-order valence-electron chi connectivity index (χ2n) is 8.26. The molecule has 6 heteroatoms. The number of hydrogen-bond acceptors (Lipinski definition) is 2. The molecule has 2 aromatic carbocycles. The Morgan fingerprint density at radius 2 is 1.39 bits per heavy atom. The summed E-state index contributed by atoms with van der Waals surface area (Å²) in [6, 6.07) is 16.2. The molecule has 2 aromatic heterocycles. The Hall–Kier alpha value is -3.54. The molecule has 0 atom stereocenters. The molecule has 0 radical (unpaired) electrons. The summed E-state index contributed by atoms with van der Waals surface area (Å²) in [6.45, 7) is 2.34. The third-order valence-electron chi connectivity index (χ3n) is 6.32. The van der Waals surface area contributed by atoms with Crippen molar-refractivity contribution in [3.8, 4) is 0 Å². The molecule has 158 valence electrons. The van der Waals surface area contributed by atoms with Crippen LogP contribution in [0, 0.1) is 0 Å². The first kappa shape index (κ1) is 19.4. The van der Waals surface area contributed by atoms with E-state index >= 15 is 0 Å². The molecule has 5 rings (SSSR count). The summed E-state index contributed by atoms with van der Waals surface area (Å²) in [4.78, 5) is 32.7. The third kappa shape index (κ3) is 3.69. The summed E-state index contributed by atoms with van der Waals surface area (Å²) in [6.07, 6.45) is 4.74. The zero-order valence-electron chi connectivity index (χ0n) is 17.7. The van der Waals surface area contributed by atoms with Crippen molar-refractivity contribution in [3.63, 3.8) is 0 Å². The molecule has 6 nitrogen and oxygen atoms in total. The number of para-hydroxylation sites is 2. The number of fused-ring (bicyclic) bond motifs is 2. The van der Waals surface area contributed by atoms with E-state index in [-0.39, 0.29) is 11.8 Å². The number of hydrogen-bond donors (Lipinski definition) is 1. The number of aromatic nitrogens is 2. The molecule has 31 heavy (non-hydrogen) atoms. The van der Waals surface area contributed by atoms with E-state index in [1.165, 1.54) is 0 Å². The van der Waals surface area contributed by atoms with Crippen LogP contribution in [0.2, 0.25) is 0 Å². The van der Waals surface area contributed by atoms with E-state index < -0.39 is 0 Å². The van der Waals surface area contributed by atoms with Crippen LogP contribution in [0.15, 0.2) is 60.9 Å². The number of aryl methyl sites for hydroxylation is 1. The predicted octanol–water partition coefficient (Wildman–Crippen LogP) is 3.12. The summed E-state index contributed by atoms with van der Waals surface area (Å²) in [7, 11) is 2.01. The molecule has 3 heterocycles. The Kier molecular flexibility index (Phi) is 4.98. The van der Waals surface area contributed by atoms with Gasteiger partial charge in [0.25, 0.3) is 0 Å². The fourth-order valence-electron chi connectivity index (χ4n) is 4.60. The van der Waals surface area contributed by atoms with Gasteiger partial charge in [-0.2, -0.15) is 0 Å². The lowest BCUT2D eigenvalue weighted by molar-refractivity contribution is -0.138. The van der Waals surface area contributed by atoms with Gasteiger partial charge in [0.1, 0.15) is 0 Å². The number of aromatic amines is 1. The van der Waals surface area contributed by atoms with Crippen molar-refractivity contribution >= 4 is 33.6 Å². The fraction of sp³-hybridized carbons (Fsp3) is 0.280. The van der Waals surface area contributed by atoms with Crippen LogP contribution in [0.25, 0.3) is 21.8 Å². The number of benzene rings is 2. The first-order chi connectivity index (χ1) is 15.1. The van der Waals surface area contributed by atoms with Crippen molar-refractivity contribution in [1.29, 1.82) is 0 Å². The SMILES string of the molecule is Cn1cc(CC(=O)N2CCN(C(=O)Cc3c[nH]c4ccccc34)CC2)c2ccccc21. The highest BCUT2D eigenvalue weighted by Crippen LogP contribution is 2.22. The fourth-order valence-corrected chi connectivity index (χ4v) is 4.60. The first-order valence-electron chi connectivity index (χ1n) is 10.7. The Labute approximate surface area is 181 Å². The minimum Gasteiger partial charge on any atom is -0.361 e. The Balaban J connectivity index is 1.20. The van der Waals surface area contributed by atoms with E-state index in [1.807, 2.05) is 65.6 Å². The monoisotopic (exact) mass is 414 g/mol. The summed E-state index contributed by atoms with van der Waals surface area (Å²) in [5.41, 5.74) is 4.27. The second-order valence-corrected chi connectivity index (χ2v) is 8.26. The smallest absolute Gasteiger partial charge is 0.227 e. The lowest BCUT2D eigenvalue weighted by Crippen LogP contribution is -2.51. The number of piperazine rings is 1. The quantitative estimate of drug-likeness (QED) is 0.558. The van der Waals surface area contributed by atoms with Crippen LogP contribution in [-0.4, -0.2) is 57.3 Å². The lowest BCUT2D eigenvalue weighted by Gasteiger charge is -2.35. The van der Waals surface area contributed by atoms with Crippen molar-refractivity contribution in [2.24, 2.45) is 7.05 Å². The van der Waals surface area contributed by atoms with Crippen LogP contribution in [0.1, 0.15) is 11.1 Å². The maximum atomic E-state index is 12.9. The van der Waals surface area contributed by atoms with E-state index in [0.29, 0.717) is 39.0 Å². The average Bonchev–Trinajstić information content (AvgIpc) is 3.35. The molecule has 0 unspecified atom stereocenters. The molecule has 1 N–H and O–H groups in total. The minimum absolute atomic E-state index is 0.117. The highest BCUT2D eigenvalue weighted by molar-refractivity contribution is 5.90. The van der Waals surface area contributed by atoms with Crippen molar-refractivity contribution in [3.05, 3.63) is 72.1 Å². The summed E-state index contributed by atoms with van der Waals surface area (Å²) >= 11 is 0. The van der Waals surface area contributed by atoms with E-state index in [0.717, 1.165) is 32.9 Å². The van der Waals surface area contributed by atoms with Crippen LogP contribution in [0.5, 0.6) is 0 Å². The van der Waals surface area contributed by atoms with Gasteiger partial charge in [-0.3, -0.25) is 9.59 Å². The Bertz CT molecular complexity index is 1260. The largest absolute Gasteiger partial charge is 0.361 e. The molecular formula is C25H26N4O2. The molecule has 1 aliphatic rings. The molecule has 4 aromatic rings. The summed E-state index contributed by atoms with van der Waals surface area (Å²) < 4.78 is 2.07. The van der Waals surface area contributed by atoms with Gasteiger partial charge < -0.3 is 19.4 Å². The van der Waals surface area contributed by atoms with E-state index in [2.05, 4.69) is 21.7 Å². The topological polar surface area (TPSA) is 61.3 Å². The molecule has 0 aliphatic carbocycles. The zero-order chi connectivity index (χ0) is 21.4. The number of rotatable bonds is 4. The molecule has 1 saturated heterocycles. The predicted molar refractivity (Wildman–Crippen MR) is 122 cm³/mol. The van der Waals surface area contributed by atoms with Gasteiger partial charge in [-0.1, -0.05) is 36.4 Å². The van der Waals surface area contributed by atoms with Gasteiger partial charge in [0.15, 0.2) is 0 Å². The van der Waals surface area contributed by atoms with Crippen LogP contribution in [0.3, 0.4) is 0 Å². The molecular weight excluding hydrogens is 388 g/mol. The van der Waals surface area contributed by atoms with Crippen LogP contribution in [-0.2, 0) is 29.5 Å². The number of amides is 2. The van der Waals surface area contributed by atoms with E-state index in [1.54, 1.807) is 0 Å². The molecule has 0 bridgehead atoms. The standard InChI is InChI=1S/C25H26N4O2/c1-27-17-19(21-7-3-5-9-23(21)27)15-25(31)29-12-10-28(11-13-29)24(30)14-18-16-26-22-8-4-2-6-20(18)22/h2-9,16-17,26H,10-15H2,1H3. The van der Waals surface area contributed by atoms with Gasteiger partial charge in [-0.25, -0.2) is 0 Å². The number of carbonyl (C=O) groups is 2. The lowest BCUT2D eigenvalue weighted by atomic mass is 10.1. The highest BCUT2D eigenvalue weighted by Gasteiger charge is 2.25. The minimum atomic E-state index is 0.117. The summed E-state index contributed by atoms with van der Waals surface area (Å²) in [5, 5.41) is 2.23. The number of nitrogens with zero attached hydrogens (tertiary/aromatic N) is 3. The Morgan fingerprint density at radius 1 is 0.806 bits per heavy atom. The number of nitrogens with one attached hydrogen (secondary N) is 1. The van der Waals surface area contributed by atoms with Crippen molar-refractivity contribution in [2.45, 2.75) is 12.8 Å². The molecule has 0 spiro atoms. The van der Waals surface area contributed by atoms with Crippen LogP contribution >= 0.6 is 0 Å². The van der Waals surface area contributed by atoms with Gasteiger partial charge in [0.2, 0.25) is 11.8 Å². The summed E-state index contributed by atoms with van der Waals surface area (Å²) in [5.74, 6) is 0.242. The van der Waals surface area contributed by atoms with Crippen LogP contribution < -0.4 is 0 Å². The van der Waals surface area contributed by atoms with Gasteiger partial charge in [-0.05, 0) is 23.3 Å². The average molecular weight is 415 g/mol. The van der Waals surface area contributed by atoms with Crippen molar-refractivity contribution < 1.29 is 9.59 Å². The number of carbonyl (C=O) groups excluding carboxylic acids is 2.